The van der Waals surface area contributed by atoms with E-state index in [1.165, 1.54) is 16.8 Å². The van der Waals surface area contributed by atoms with Gasteiger partial charge in [-0.2, -0.15) is 10.1 Å². The second kappa shape index (κ2) is 8.31. The molecule has 7 heteroatoms. The summed E-state index contributed by atoms with van der Waals surface area (Å²) < 4.78 is 0. The van der Waals surface area contributed by atoms with Crippen molar-refractivity contribution >= 4 is 17.5 Å². The van der Waals surface area contributed by atoms with Crippen molar-refractivity contribution in [3.8, 4) is 0 Å². The standard InChI is InChI=1S/C19H29N7/c1-15-6-5-7-17(16(15)2)25-10-12-26(13-11-25)18-14-21-23-19(22-18)20-8-9-24(3)4/h5-7,14H,8-13H2,1-4H3,(H,20,22,23). The molecule has 26 heavy (non-hydrogen) atoms. The molecule has 2 heterocycles. The quantitative estimate of drug-likeness (QED) is 0.848. The number of piperazine rings is 1. The van der Waals surface area contributed by atoms with Crippen LogP contribution < -0.4 is 15.1 Å². The molecule has 140 valence electrons. The lowest BCUT2D eigenvalue weighted by molar-refractivity contribution is 0.425. The highest BCUT2D eigenvalue weighted by Gasteiger charge is 2.20. The maximum atomic E-state index is 4.63. The first kappa shape index (κ1) is 18.4. The number of rotatable bonds is 6. The molecule has 1 N–H and O–H groups in total. The molecule has 0 amide bonds. The molecule has 1 aromatic heterocycles. The Hall–Kier alpha value is -2.41. The molecular weight excluding hydrogens is 326 g/mol. The molecule has 0 saturated carbocycles. The van der Waals surface area contributed by atoms with Crippen LogP contribution in [-0.2, 0) is 0 Å². The molecule has 1 fully saturated rings. The van der Waals surface area contributed by atoms with Crippen LogP contribution in [0.3, 0.4) is 0 Å². The minimum atomic E-state index is 0.598. The summed E-state index contributed by atoms with van der Waals surface area (Å²) in [7, 11) is 4.10. The smallest absolute Gasteiger partial charge is 0.244 e. The third-order valence-corrected chi connectivity index (χ3v) is 4.91. The van der Waals surface area contributed by atoms with Gasteiger partial charge in [0.1, 0.15) is 0 Å². The van der Waals surface area contributed by atoms with E-state index in [0.29, 0.717) is 5.95 Å². The Bertz CT molecular complexity index is 724. The van der Waals surface area contributed by atoms with E-state index >= 15 is 0 Å². The molecule has 0 bridgehead atoms. The molecule has 1 aromatic carbocycles. The van der Waals surface area contributed by atoms with Gasteiger partial charge >= 0.3 is 0 Å². The number of aryl methyl sites for hydroxylation is 1. The Morgan fingerprint density at radius 3 is 2.54 bits per heavy atom. The highest BCUT2D eigenvalue weighted by molar-refractivity contribution is 5.57. The van der Waals surface area contributed by atoms with E-state index in [2.05, 4.69) is 67.2 Å². The highest BCUT2D eigenvalue weighted by atomic mass is 15.3. The molecule has 2 aromatic rings. The average Bonchev–Trinajstić information content (AvgIpc) is 2.64. The van der Waals surface area contributed by atoms with E-state index in [0.717, 1.165) is 45.1 Å². The number of anilines is 3. The average molecular weight is 355 g/mol. The van der Waals surface area contributed by atoms with Crippen molar-refractivity contribution in [1.82, 2.24) is 20.1 Å². The zero-order valence-electron chi connectivity index (χ0n) is 16.2. The highest BCUT2D eigenvalue weighted by Crippen LogP contribution is 2.24. The summed E-state index contributed by atoms with van der Waals surface area (Å²) >= 11 is 0. The number of hydrogen-bond donors (Lipinski definition) is 1. The fraction of sp³-hybridized carbons (Fsp3) is 0.526. The van der Waals surface area contributed by atoms with Gasteiger partial charge in [0.05, 0.1) is 6.20 Å². The lowest BCUT2D eigenvalue weighted by Crippen LogP contribution is -2.47. The Morgan fingerprint density at radius 1 is 1.08 bits per heavy atom. The van der Waals surface area contributed by atoms with E-state index < -0.39 is 0 Å². The van der Waals surface area contributed by atoms with E-state index in [-0.39, 0.29) is 0 Å². The summed E-state index contributed by atoms with van der Waals surface area (Å²) in [6.07, 6.45) is 1.75. The number of benzene rings is 1. The zero-order valence-corrected chi connectivity index (χ0v) is 16.2. The van der Waals surface area contributed by atoms with Crippen LogP contribution >= 0.6 is 0 Å². The minimum absolute atomic E-state index is 0.598. The first-order chi connectivity index (χ1) is 12.5. The van der Waals surface area contributed by atoms with Gasteiger partial charge < -0.3 is 20.0 Å². The van der Waals surface area contributed by atoms with Crippen LogP contribution in [0.25, 0.3) is 0 Å². The molecule has 0 radical (unpaired) electrons. The van der Waals surface area contributed by atoms with Gasteiger partial charge in [-0.3, -0.25) is 0 Å². The molecule has 7 nitrogen and oxygen atoms in total. The Morgan fingerprint density at radius 2 is 1.81 bits per heavy atom. The molecule has 0 spiro atoms. The van der Waals surface area contributed by atoms with Crippen LogP contribution in [0, 0.1) is 13.8 Å². The van der Waals surface area contributed by atoms with Crippen molar-refractivity contribution < 1.29 is 0 Å². The predicted octanol–water partition coefficient (Wildman–Crippen LogP) is 1.79. The number of likely N-dealkylation sites (N-methyl/N-ethyl adjacent to an activating group) is 1. The van der Waals surface area contributed by atoms with Crippen molar-refractivity contribution in [2.24, 2.45) is 0 Å². The number of nitrogens with one attached hydrogen (secondary N) is 1. The summed E-state index contributed by atoms with van der Waals surface area (Å²) in [6.45, 7) is 9.95. The van der Waals surface area contributed by atoms with Crippen LogP contribution in [0.15, 0.2) is 24.4 Å². The number of aromatic nitrogens is 3. The second-order valence-electron chi connectivity index (χ2n) is 7.06. The van der Waals surface area contributed by atoms with Crippen molar-refractivity contribution in [2.75, 3.05) is 68.5 Å². The van der Waals surface area contributed by atoms with E-state index in [1.807, 2.05) is 14.1 Å². The van der Waals surface area contributed by atoms with Gasteiger partial charge in [-0.25, -0.2) is 0 Å². The summed E-state index contributed by atoms with van der Waals surface area (Å²) in [5.74, 6) is 1.49. The topological polar surface area (TPSA) is 60.4 Å². The fourth-order valence-electron chi connectivity index (χ4n) is 3.17. The Balaban J connectivity index is 1.60. The largest absolute Gasteiger partial charge is 0.368 e. The summed E-state index contributed by atoms with van der Waals surface area (Å²) in [5, 5.41) is 11.4. The summed E-state index contributed by atoms with van der Waals surface area (Å²) in [6, 6.07) is 6.54. The lowest BCUT2D eigenvalue weighted by Gasteiger charge is -2.37. The first-order valence-corrected chi connectivity index (χ1v) is 9.19. The monoisotopic (exact) mass is 355 g/mol. The molecular formula is C19H29N7. The van der Waals surface area contributed by atoms with E-state index in [4.69, 9.17) is 0 Å². The molecule has 0 aliphatic carbocycles. The zero-order chi connectivity index (χ0) is 18.5. The van der Waals surface area contributed by atoms with Gasteiger partial charge in [-0.05, 0) is 45.1 Å². The van der Waals surface area contributed by atoms with Crippen molar-refractivity contribution in [1.29, 1.82) is 0 Å². The molecule has 1 saturated heterocycles. The van der Waals surface area contributed by atoms with Gasteiger partial charge in [0.25, 0.3) is 0 Å². The van der Waals surface area contributed by atoms with Crippen molar-refractivity contribution in [2.45, 2.75) is 13.8 Å². The predicted molar refractivity (Wildman–Crippen MR) is 107 cm³/mol. The van der Waals surface area contributed by atoms with Gasteiger partial charge in [0.2, 0.25) is 5.95 Å². The maximum Gasteiger partial charge on any atom is 0.244 e. The minimum Gasteiger partial charge on any atom is -0.368 e. The SMILES string of the molecule is Cc1cccc(N2CCN(c3cnnc(NCCN(C)C)n3)CC2)c1C. The van der Waals surface area contributed by atoms with Crippen LogP contribution in [0.5, 0.6) is 0 Å². The van der Waals surface area contributed by atoms with Crippen LogP contribution in [0.1, 0.15) is 11.1 Å². The summed E-state index contributed by atoms with van der Waals surface area (Å²) in [5.41, 5.74) is 4.06. The van der Waals surface area contributed by atoms with Gasteiger partial charge in [0, 0.05) is 45.0 Å². The van der Waals surface area contributed by atoms with Crippen LogP contribution in [0.4, 0.5) is 17.5 Å². The molecule has 1 aliphatic heterocycles. The van der Waals surface area contributed by atoms with Gasteiger partial charge in [-0.1, -0.05) is 12.1 Å². The van der Waals surface area contributed by atoms with Crippen molar-refractivity contribution in [3.05, 3.63) is 35.5 Å². The van der Waals surface area contributed by atoms with Crippen LogP contribution in [0.2, 0.25) is 0 Å². The van der Waals surface area contributed by atoms with Crippen molar-refractivity contribution in [3.63, 3.8) is 0 Å². The maximum absolute atomic E-state index is 4.63. The molecule has 0 unspecified atom stereocenters. The van der Waals surface area contributed by atoms with E-state index in [1.54, 1.807) is 6.20 Å². The molecule has 3 rings (SSSR count). The number of hydrogen-bond acceptors (Lipinski definition) is 7. The Kier molecular flexibility index (Phi) is 5.88. The molecule has 0 atom stereocenters. The second-order valence-corrected chi connectivity index (χ2v) is 7.06. The number of nitrogens with zero attached hydrogens (tertiary/aromatic N) is 6. The van der Waals surface area contributed by atoms with Crippen LogP contribution in [-0.4, -0.2) is 73.4 Å². The Labute approximate surface area is 156 Å². The third kappa shape index (κ3) is 4.40. The summed E-state index contributed by atoms with van der Waals surface area (Å²) in [4.78, 5) is 11.5. The molecule has 1 aliphatic rings. The normalized spacial score (nSPS) is 14.8. The first-order valence-electron chi connectivity index (χ1n) is 9.19. The van der Waals surface area contributed by atoms with Gasteiger partial charge in [-0.15, -0.1) is 5.10 Å². The van der Waals surface area contributed by atoms with Gasteiger partial charge in [0.15, 0.2) is 5.82 Å². The fourth-order valence-corrected chi connectivity index (χ4v) is 3.17. The lowest BCUT2D eigenvalue weighted by atomic mass is 10.1. The van der Waals surface area contributed by atoms with E-state index in [9.17, 15) is 0 Å². The third-order valence-electron chi connectivity index (χ3n) is 4.91.